The number of hydrogen-bond acceptors (Lipinski definition) is 4. The Hall–Kier alpha value is -4.42. The van der Waals surface area contributed by atoms with E-state index >= 15 is 0 Å². The van der Waals surface area contributed by atoms with E-state index in [1.165, 1.54) is 5.56 Å². The van der Waals surface area contributed by atoms with E-state index in [1.54, 1.807) is 0 Å². The first-order valence-electron chi connectivity index (χ1n) is 13.6. The van der Waals surface area contributed by atoms with Gasteiger partial charge in [-0.2, -0.15) is 0 Å². The van der Waals surface area contributed by atoms with E-state index in [9.17, 15) is 4.79 Å². The summed E-state index contributed by atoms with van der Waals surface area (Å²) in [7, 11) is 0. The molecule has 0 N–H and O–H groups in total. The van der Waals surface area contributed by atoms with Crippen LogP contribution in [0.5, 0.6) is 11.5 Å². The number of carbonyl (C=O) groups is 1. The molecule has 2 aliphatic heterocycles. The minimum Gasteiger partial charge on any atom is -0.457 e. The van der Waals surface area contributed by atoms with Crippen LogP contribution in [0.25, 0.3) is 11.0 Å². The molecule has 1 fully saturated rings. The largest absolute Gasteiger partial charge is 0.457 e. The molecule has 3 heterocycles. The van der Waals surface area contributed by atoms with Gasteiger partial charge in [0.1, 0.15) is 17.3 Å². The second-order valence-corrected chi connectivity index (χ2v) is 10.3. The molecule has 5 aromatic rings. The lowest BCUT2D eigenvalue weighted by atomic mass is 9.86. The van der Waals surface area contributed by atoms with Gasteiger partial charge in [-0.25, -0.2) is 4.98 Å². The van der Waals surface area contributed by atoms with Gasteiger partial charge in [-0.15, -0.1) is 0 Å². The molecule has 0 atom stereocenters. The highest BCUT2D eigenvalue weighted by Crippen LogP contribution is 2.44. The van der Waals surface area contributed by atoms with Crippen molar-refractivity contribution >= 4 is 16.9 Å². The van der Waals surface area contributed by atoms with Gasteiger partial charge in [-0.3, -0.25) is 9.69 Å². The zero-order valence-corrected chi connectivity index (χ0v) is 21.7. The van der Waals surface area contributed by atoms with Gasteiger partial charge in [0, 0.05) is 43.9 Å². The van der Waals surface area contributed by atoms with Gasteiger partial charge in [0.2, 0.25) is 5.91 Å². The van der Waals surface area contributed by atoms with Crippen molar-refractivity contribution in [3.63, 3.8) is 0 Å². The third-order valence-corrected chi connectivity index (χ3v) is 7.89. The first kappa shape index (κ1) is 23.7. The molecule has 6 nitrogen and oxygen atoms in total. The molecule has 0 spiro atoms. The molecular weight excluding hydrogens is 484 g/mol. The van der Waals surface area contributed by atoms with Crippen LogP contribution in [0.1, 0.15) is 28.4 Å². The van der Waals surface area contributed by atoms with Crippen molar-refractivity contribution in [3.05, 3.63) is 126 Å². The third kappa shape index (κ3) is 4.47. The Morgan fingerprint density at radius 2 is 1.33 bits per heavy atom. The van der Waals surface area contributed by atoms with E-state index in [2.05, 4.69) is 58.0 Å². The van der Waals surface area contributed by atoms with Gasteiger partial charge in [0.05, 0.1) is 23.5 Å². The molecule has 0 radical (unpaired) electrons. The minimum atomic E-state index is -0.340. The maximum atomic E-state index is 14.0. The quantitative estimate of drug-likeness (QED) is 0.303. The van der Waals surface area contributed by atoms with Crippen molar-refractivity contribution in [1.82, 2.24) is 19.4 Å². The molecule has 1 amide bonds. The van der Waals surface area contributed by atoms with Crippen molar-refractivity contribution in [3.8, 4) is 11.5 Å². The Morgan fingerprint density at radius 1 is 0.718 bits per heavy atom. The fourth-order valence-electron chi connectivity index (χ4n) is 5.87. The molecule has 1 aromatic heterocycles. The highest BCUT2D eigenvalue weighted by Gasteiger charge is 2.36. The van der Waals surface area contributed by atoms with Gasteiger partial charge in [-0.1, -0.05) is 78.9 Å². The van der Waals surface area contributed by atoms with Crippen LogP contribution < -0.4 is 4.74 Å². The molecule has 0 aliphatic carbocycles. The van der Waals surface area contributed by atoms with E-state index in [4.69, 9.17) is 9.72 Å². The molecule has 4 aromatic carbocycles. The smallest absolute Gasteiger partial charge is 0.234 e. The summed E-state index contributed by atoms with van der Waals surface area (Å²) >= 11 is 0. The summed E-state index contributed by atoms with van der Waals surface area (Å²) in [5.74, 6) is 2.41. The van der Waals surface area contributed by atoms with Crippen molar-refractivity contribution in [2.24, 2.45) is 0 Å². The SMILES string of the molecule is O=C(C1c2ccccc2Oc2ccccc21)N1CCN(Cc2nc3ccccc3n2Cc2ccccc2)CC1. The number of carbonyl (C=O) groups excluding carboxylic acids is 1. The first-order valence-corrected chi connectivity index (χ1v) is 13.6. The summed E-state index contributed by atoms with van der Waals surface area (Å²) in [5.41, 5.74) is 5.32. The zero-order chi connectivity index (χ0) is 26.2. The molecule has 39 heavy (non-hydrogen) atoms. The van der Waals surface area contributed by atoms with Crippen molar-refractivity contribution in [1.29, 1.82) is 0 Å². The second kappa shape index (κ2) is 10.0. The molecule has 0 saturated carbocycles. The monoisotopic (exact) mass is 514 g/mol. The lowest BCUT2D eigenvalue weighted by Crippen LogP contribution is -2.50. The Balaban J connectivity index is 1.09. The number of ether oxygens (including phenoxy) is 1. The van der Waals surface area contributed by atoms with Crippen LogP contribution in [0.4, 0.5) is 0 Å². The van der Waals surface area contributed by atoms with E-state index in [1.807, 2.05) is 59.5 Å². The van der Waals surface area contributed by atoms with E-state index in [0.29, 0.717) is 13.1 Å². The van der Waals surface area contributed by atoms with Gasteiger partial charge < -0.3 is 14.2 Å². The Bertz CT molecular complexity index is 1590. The first-order chi connectivity index (χ1) is 19.2. The summed E-state index contributed by atoms with van der Waals surface area (Å²) in [5, 5.41) is 0. The number of para-hydroxylation sites is 4. The molecule has 2 aliphatic rings. The molecular formula is C33H30N4O2. The Morgan fingerprint density at radius 3 is 2.05 bits per heavy atom. The molecule has 6 heteroatoms. The fraction of sp³-hybridized carbons (Fsp3) is 0.212. The number of nitrogens with zero attached hydrogens (tertiary/aromatic N) is 4. The molecule has 7 rings (SSSR count). The second-order valence-electron chi connectivity index (χ2n) is 10.3. The van der Waals surface area contributed by atoms with Crippen LogP contribution in [0.15, 0.2) is 103 Å². The number of benzene rings is 4. The van der Waals surface area contributed by atoms with Crippen LogP contribution in [0, 0.1) is 0 Å². The van der Waals surface area contributed by atoms with Crippen molar-refractivity contribution in [2.45, 2.75) is 19.0 Å². The lowest BCUT2D eigenvalue weighted by Gasteiger charge is -2.37. The van der Waals surface area contributed by atoms with Gasteiger partial charge >= 0.3 is 0 Å². The maximum absolute atomic E-state index is 14.0. The highest BCUT2D eigenvalue weighted by molar-refractivity contribution is 5.89. The predicted octanol–water partition coefficient (Wildman–Crippen LogP) is 5.67. The van der Waals surface area contributed by atoms with Gasteiger partial charge in [-0.05, 0) is 29.8 Å². The normalized spacial score (nSPS) is 15.5. The van der Waals surface area contributed by atoms with E-state index < -0.39 is 0 Å². The average molecular weight is 515 g/mol. The van der Waals surface area contributed by atoms with Crippen LogP contribution in [-0.2, 0) is 17.9 Å². The van der Waals surface area contributed by atoms with Crippen LogP contribution in [0.2, 0.25) is 0 Å². The topological polar surface area (TPSA) is 50.6 Å². The average Bonchev–Trinajstić information content (AvgIpc) is 3.33. The standard InChI is InChI=1S/C33H30N4O2/c38-33(32-25-12-4-8-16-29(25)39-30-17-9-5-13-26(30)32)36-20-18-35(19-21-36)23-31-34-27-14-6-7-15-28(27)37(31)22-24-10-2-1-3-11-24/h1-17,32H,18-23H2. The number of amides is 1. The fourth-order valence-corrected chi connectivity index (χ4v) is 5.87. The molecule has 194 valence electrons. The lowest BCUT2D eigenvalue weighted by molar-refractivity contribution is -0.133. The maximum Gasteiger partial charge on any atom is 0.234 e. The number of piperazine rings is 1. The number of hydrogen-bond donors (Lipinski definition) is 0. The van der Waals surface area contributed by atoms with E-state index in [0.717, 1.165) is 65.7 Å². The molecule has 0 unspecified atom stereocenters. The molecule has 0 bridgehead atoms. The Kier molecular flexibility index (Phi) is 6.10. The van der Waals surface area contributed by atoms with Gasteiger partial charge in [0.25, 0.3) is 0 Å². The van der Waals surface area contributed by atoms with Crippen molar-refractivity contribution < 1.29 is 9.53 Å². The summed E-state index contributed by atoms with van der Waals surface area (Å²) < 4.78 is 8.45. The summed E-state index contributed by atoms with van der Waals surface area (Å²) in [6.07, 6.45) is 0. The number of rotatable bonds is 5. The number of imidazole rings is 1. The predicted molar refractivity (Wildman–Crippen MR) is 152 cm³/mol. The number of fused-ring (bicyclic) bond motifs is 3. The zero-order valence-electron chi connectivity index (χ0n) is 21.7. The van der Waals surface area contributed by atoms with Crippen LogP contribution in [-0.4, -0.2) is 51.4 Å². The van der Waals surface area contributed by atoms with Crippen LogP contribution >= 0.6 is 0 Å². The Labute approximate surface area is 228 Å². The van der Waals surface area contributed by atoms with E-state index in [-0.39, 0.29) is 11.8 Å². The summed E-state index contributed by atoms with van der Waals surface area (Å²) in [6, 6.07) is 34.7. The van der Waals surface area contributed by atoms with Crippen molar-refractivity contribution in [2.75, 3.05) is 26.2 Å². The van der Waals surface area contributed by atoms with Crippen LogP contribution in [0.3, 0.4) is 0 Å². The summed E-state index contributed by atoms with van der Waals surface area (Å²) in [4.78, 5) is 23.4. The molecule has 1 saturated heterocycles. The van der Waals surface area contributed by atoms with Gasteiger partial charge in [0.15, 0.2) is 0 Å². The summed E-state index contributed by atoms with van der Waals surface area (Å²) in [6.45, 7) is 4.56. The third-order valence-electron chi connectivity index (χ3n) is 7.89. The highest BCUT2D eigenvalue weighted by atomic mass is 16.5. The number of aromatic nitrogens is 2. The minimum absolute atomic E-state index is 0.147.